The molecule has 2 aliphatic rings. The summed E-state index contributed by atoms with van der Waals surface area (Å²) in [5, 5.41) is 2.90. The zero-order valence-electron chi connectivity index (χ0n) is 12.6. The molecule has 0 fully saturated rings. The average molecular weight is 281 g/mol. The Kier molecular flexibility index (Phi) is 3.42. The second-order valence-electron chi connectivity index (χ2n) is 5.44. The van der Waals surface area contributed by atoms with Crippen LogP contribution in [0.3, 0.4) is 0 Å². The van der Waals surface area contributed by atoms with Gasteiger partial charge in [0.1, 0.15) is 6.10 Å². The van der Waals surface area contributed by atoms with Crippen molar-refractivity contribution in [3.8, 4) is 0 Å². The Morgan fingerprint density at radius 1 is 1.29 bits per heavy atom. The number of carbonyl (C=O) groups excluding carboxylic acids is 1. The monoisotopic (exact) mass is 281 g/mol. The summed E-state index contributed by atoms with van der Waals surface area (Å²) in [6.45, 7) is 6.28. The lowest BCUT2D eigenvalue weighted by Crippen LogP contribution is -2.18. The molecule has 0 saturated carbocycles. The highest BCUT2D eigenvalue weighted by molar-refractivity contribution is 6.31. The van der Waals surface area contributed by atoms with Gasteiger partial charge in [-0.3, -0.25) is 4.79 Å². The minimum atomic E-state index is -0.161. The summed E-state index contributed by atoms with van der Waals surface area (Å²) in [5.41, 5.74) is 6.16. The molecule has 1 unspecified atom stereocenters. The third kappa shape index (κ3) is 2.29. The Labute approximate surface area is 125 Å². The fourth-order valence-electron chi connectivity index (χ4n) is 2.87. The van der Waals surface area contributed by atoms with Gasteiger partial charge in [-0.25, -0.2) is 0 Å². The molecule has 1 aromatic rings. The number of anilines is 1. The van der Waals surface area contributed by atoms with Crippen LogP contribution in [-0.2, 0) is 9.53 Å². The van der Waals surface area contributed by atoms with Crippen LogP contribution in [0.4, 0.5) is 5.69 Å². The molecule has 108 valence electrons. The quantitative estimate of drug-likeness (QED) is 0.830. The largest absolute Gasteiger partial charge is 0.489 e. The fourth-order valence-corrected chi connectivity index (χ4v) is 2.87. The zero-order valence-corrected chi connectivity index (χ0v) is 12.6. The van der Waals surface area contributed by atoms with E-state index in [4.69, 9.17) is 4.74 Å². The van der Waals surface area contributed by atoms with Gasteiger partial charge >= 0.3 is 0 Å². The summed E-state index contributed by atoms with van der Waals surface area (Å²) in [6, 6.07) is 7.75. The lowest BCUT2D eigenvalue weighted by Gasteiger charge is -2.24. The van der Waals surface area contributed by atoms with Gasteiger partial charge in [0, 0.05) is 16.8 Å². The number of amides is 1. The second kappa shape index (κ2) is 5.24. The lowest BCUT2D eigenvalue weighted by molar-refractivity contribution is -0.110. The van der Waals surface area contributed by atoms with E-state index in [0.29, 0.717) is 5.57 Å². The molecule has 1 aromatic carbocycles. The molecule has 0 radical (unpaired) electrons. The molecule has 1 atom stereocenters. The number of ether oxygens (including phenoxy) is 1. The Morgan fingerprint density at radius 3 is 2.81 bits per heavy atom. The van der Waals surface area contributed by atoms with Gasteiger partial charge in [-0.15, -0.1) is 0 Å². The van der Waals surface area contributed by atoms with E-state index in [9.17, 15) is 4.79 Å². The van der Waals surface area contributed by atoms with E-state index >= 15 is 0 Å². The van der Waals surface area contributed by atoms with Crippen LogP contribution in [0, 0.1) is 0 Å². The first-order valence-electron chi connectivity index (χ1n) is 7.26. The van der Waals surface area contributed by atoms with Crippen LogP contribution in [0.1, 0.15) is 32.8 Å². The number of para-hydroxylation sites is 1. The summed E-state index contributed by atoms with van der Waals surface area (Å²) in [4.78, 5) is 12.2. The number of rotatable bonds is 2. The van der Waals surface area contributed by atoms with Crippen molar-refractivity contribution in [1.29, 1.82) is 0 Å². The summed E-state index contributed by atoms with van der Waals surface area (Å²) in [7, 11) is 0. The first-order chi connectivity index (χ1) is 10.1. The average Bonchev–Trinajstić information content (AvgIpc) is 2.79. The van der Waals surface area contributed by atoms with Gasteiger partial charge in [-0.2, -0.15) is 0 Å². The SMILES string of the molecule is CCC1=C(C)C(C)=COC1C=C1C(=O)Nc2ccccc21. The standard InChI is InChI=1S/C18H19NO2/c1-4-13-12(3)11(2)10-21-17(13)9-15-14-7-5-6-8-16(14)19-18(15)20/h5-10,17H,4H2,1-3H3,(H,19,20). The maximum atomic E-state index is 12.2. The normalized spacial score (nSPS) is 22.8. The molecule has 3 heteroatoms. The van der Waals surface area contributed by atoms with Crippen LogP contribution in [0.25, 0.3) is 5.57 Å². The predicted molar refractivity (Wildman–Crippen MR) is 84.7 cm³/mol. The smallest absolute Gasteiger partial charge is 0.256 e. The third-order valence-electron chi connectivity index (χ3n) is 4.22. The molecule has 0 aliphatic carbocycles. The molecule has 3 rings (SSSR count). The molecule has 0 bridgehead atoms. The molecule has 3 nitrogen and oxygen atoms in total. The number of hydrogen-bond donors (Lipinski definition) is 1. The highest BCUT2D eigenvalue weighted by Crippen LogP contribution is 2.34. The maximum Gasteiger partial charge on any atom is 0.256 e. The van der Waals surface area contributed by atoms with Gasteiger partial charge in [-0.1, -0.05) is 25.1 Å². The van der Waals surface area contributed by atoms with Crippen LogP contribution < -0.4 is 5.32 Å². The number of allylic oxidation sites excluding steroid dienone is 2. The van der Waals surface area contributed by atoms with Crippen molar-refractivity contribution in [1.82, 2.24) is 0 Å². The molecule has 1 N–H and O–H groups in total. The van der Waals surface area contributed by atoms with E-state index in [-0.39, 0.29) is 12.0 Å². The molecule has 1 amide bonds. The highest BCUT2D eigenvalue weighted by Gasteiger charge is 2.27. The first kappa shape index (κ1) is 13.7. The second-order valence-corrected chi connectivity index (χ2v) is 5.44. The summed E-state index contributed by atoms with van der Waals surface area (Å²) < 4.78 is 5.81. The molecule has 0 spiro atoms. The van der Waals surface area contributed by atoms with E-state index < -0.39 is 0 Å². The Morgan fingerprint density at radius 2 is 2.05 bits per heavy atom. The lowest BCUT2D eigenvalue weighted by atomic mass is 9.93. The number of hydrogen-bond acceptors (Lipinski definition) is 2. The van der Waals surface area contributed by atoms with Gasteiger partial charge in [0.15, 0.2) is 0 Å². The predicted octanol–water partition coefficient (Wildman–Crippen LogP) is 4.05. The van der Waals surface area contributed by atoms with Crippen molar-refractivity contribution in [2.45, 2.75) is 33.3 Å². The van der Waals surface area contributed by atoms with E-state index in [1.54, 1.807) is 6.26 Å². The molecule has 2 heterocycles. The van der Waals surface area contributed by atoms with Crippen molar-refractivity contribution in [3.05, 3.63) is 58.9 Å². The van der Waals surface area contributed by atoms with E-state index in [1.807, 2.05) is 37.3 Å². The molecular weight excluding hydrogens is 262 g/mol. The Balaban J connectivity index is 2.02. The summed E-state index contributed by atoms with van der Waals surface area (Å²) in [6.07, 6.45) is 4.47. The van der Waals surface area contributed by atoms with Crippen LogP contribution in [0.2, 0.25) is 0 Å². The van der Waals surface area contributed by atoms with Crippen LogP contribution in [-0.4, -0.2) is 12.0 Å². The van der Waals surface area contributed by atoms with Gasteiger partial charge in [0.05, 0.1) is 6.26 Å². The van der Waals surface area contributed by atoms with E-state index in [2.05, 4.69) is 19.2 Å². The molecule has 0 aromatic heterocycles. The zero-order chi connectivity index (χ0) is 15.0. The van der Waals surface area contributed by atoms with Gasteiger partial charge in [-0.05, 0) is 49.1 Å². The molecule has 0 saturated heterocycles. The fraction of sp³-hybridized carbons (Fsp3) is 0.278. The van der Waals surface area contributed by atoms with Crippen molar-refractivity contribution in [3.63, 3.8) is 0 Å². The summed E-state index contributed by atoms with van der Waals surface area (Å²) >= 11 is 0. The molecular formula is C18H19NO2. The van der Waals surface area contributed by atoms with Crippen molar-refractivity contribution < 1.29 is 9.53 Å². The number of carbonyl (C=O) groups is 1. The van der Waals surface area contributed by atoms with Gasteiger partial charge in [0.2, 0.25) is 0 Å². The Hall–Kier alpha value is -2.29. The van der Waals surface area contributed by atoms with Crippen molar-refractivity contribution in [2.24, 2.45) is 0 Å². The Bertz CT molecular complexity index is 695. The topological polar surface area (TPSA) is 38.3 Å². The van der Waals surface area contributed by atoms with Crippen LogP contribution in [0.15, 0.2) is 53.3 Å². The van der Waals surface area contributed by atoms with E-state index in [1.165, 1.54) is 11.1 Å². The number of nitrogens with one attached hydrogen (secondary N) is 1. The maximum absolute atomic E-state index is 12.2. The van der Waals surface area contributed by atoms with E-state index in [0.717, 1.165) is 23.2 Å². The minimum absolute atomic E-state index is 0.0563. The summed E-state index contributed by atoms with van der Waals surface area (Å²) in [5.74, 6) is -0.0563. The van der Waals surface area contributed by atoms with Crippen LogP contribution in [0.5, 0.6) is 0 Å². The number of fused-ring (bicyclic) bond motifs is 1. The van der Waals surface area contributed by atoms with Crippen molar-refractivity contribution in [2.75, 3.05) is 5.32 Å². The highest BCUT2D eigenvalue weighted by atomic mass is 16.5. The van der Waals surface area contributed by atoms with Gasteiger partial charge < -0.3 is 10.1 Å². The van der Waals surface area contributed by atoms with Crippen LogP contribution >= 0.6 is 0 Å². The van der Waals surface area contributed by atoms with Gasteiger partial charge in [0.25, 0.3) is 5.91 Å². The third-order valence-corrected chi connectivity index (χ3v) is 4.22. The van der Waals surface area contributed by atoms with Crippen molar-refractivity contribution >= 4 is 17.2 Å². The minimum Gasteiger partial charge on any atom is -0.489 e. The molecule has 2 aliphatic heterocycles. The number of benzene rings is 1. The first-order valence-corrected chi connectivity index (χ1v) is 7.26. The molecule has 21 heavy (non-hydrogen) atoms.